The lowest BCUT2D eigenvalue weighted by atomic mass is 9.95. The summed E-state index contributed by atoms with van der Waals surface area (Å²) in [4.78, 5) is 2.46. The van der Waals surface area contributed by atoms with E-state index in [1.54, 1.807) is 0 Å². The molecule has 0 aliphatic carbocycles. The Labute approximate surface area is 287 Å². The van der Waals surface area contributed by atoms with Gasteiger partial charge in [-0.05, 0) is 70.6 Å². The largest absolute Gasteiger partial charge is 0.455 e. The summed E-state index contributed by atoms with van der Waals surface area (Å²) in [6.07, 6.45) is 0. The Morgan fingerprint density at radius 2 is 1.12 bits per heavy atom. The summed E-state index contributed by atoms with van der Waals surface area (Å²) in [5.41, 5.74) is 9.85. The molecule has 49 heavy (non-hydrogen) atoms. The third-order valence-electron chi connectivity index (χ3n) is 9.66. The van der Waals surface area contributed by atoms with E-state index < -0.39 is 0 Å². The summed E-state index contributed by atoms with van der Waals surface area (Å²) >= 11 is 1.85. The molecule has 0 saturated carbocycles. The number of hydrogen-bond donors (Lipinski definition) is 0. The fourth-order valence-electron chi connectivity index (χ4n) is 7.48. The number of rotatable bonds is 5. The maximum Gasteiger partial charge on any atom is 0.143 e. The molecule has 2 aromatic heterocycles. The van der Waals surface area contributed by atoms with E-state index >= 15 is 0 Å². The predicted molar refractivity (Wildman–Crippen MR) is 210 cm³/mol. The Balaban J connectivity index is 1.27. The number of thiophene rings is 1. The molecule has 0 unspecified atom stereocenters. The van der Waals surface area contributed by atoms with Crippen LogP contribution in [0.2, 0.25) is 0 Å². The number of benzene rings is 8. The minimum Gasteiger partial charge on any atom is -0.455 e. The number of para-hydroxylation sites is 1. The normalized spacial score (nSPS) is 11.7. The monoisotopic (exact) mass is 643 g/mol. The second-order valence-corrected chi connectivity index (χ2v) is 13.5. The molecule has 0 bridgehead atoms. The van der Waals surface area contributed by atoms with Gasteiger partial charge in [-0.2, -0.15) is 0 Å². The van der Waals surface area contributed by atoms with E-state index in [1.165, 1.54) is 36.7 Å². The van der Waals surface area contributed by atoms with Crippen molar-refractivity contribution in [2.24, 2.45) is 0 Å². The molecular weight excluding hydrogens is 615 g/mol. The van der Waals surface area contributed by atoms with E-state index in [0.717, 1.165) is 55.5 Å². The summed E-state index contributed by atoms with van der Waals surface area (Å²) in [6.45, 7) is 0. The molecule has 0 radical (unpaired) electrons. The van der Waals surface area contributed by atoms with Crippen molar-refractivity contribution in [2.75, 3.05) is 4.90 Å². The van der Waals surface area contributed by atoms with Gasteiger partial charge in [-0.3, -0.25) is 0 Å². The maximum absolute atomic E-state index is 6.65. The minimum atomic E-state index is 0.891. The smallest absolute Gasteiger partial charge is 0.143 e. The summed E-state index contributed by atoms with van der Waals surface area (Å²) in [6, 6.07) is 63.2. The van der Waals surface area contributed by atoms with Crippen molar-refractivity contribution in [3.05, 3.63) is 176 Å². The lowest BCUT2D eigenvalue weighted by Gasteiger charge is -2.29. The first-order chi connectivity index (χ1) is 24.3. The van der Waals surface area contributed by atoms with E-state index in [-0.39, 0.29) is 0 Å². The first-order valence-electron chi connectivity index (χ1n) is 16.6. The molecule has 0 spiro atoms. The Bertz CT molecular complexity index is 2840. The van der Waals surface area contributed by atoms with Gasteiger partial charge in [0, 0.05) is 47.6 Å². The van der Waals surface area contributed by atoms with Crippen LogP contribution in [0, 0.1) is 0 Å². The van der Waals surface area contributed by atoms with Gasteiger partial charge in [0.05, 0.1) is 11.4 Å². The first-order valence-corrected chi connectivity index (χ1v) is 17.4. The second-order valence-electron chi connectivity index (χ2n) is 12.5. The van der Waals surface area contributed by atoms with Gasteiger partial charge in [-0.25, -0.2) is 0 Å². The molecule has 2 nitrogen and oxygen atoms in total. The van der Waals surface area contributed by atoms with E-state index in [1.807, 2.05) is 11.3 Å². The number of fused-ring (bicyclic) bond motifs is 8. The third-order valence-corrected chi connectivity index (χ3v) is 10.8. The van der Waals surface area contributed by atoms with Crippen LogP contribution in [0.5, 0.6) is 0 Å². The summed E-state index contributed by atoms with van der Waals surface area (Å²) < 4.78 is 9.21. The fourth-order valence-corrected chi connectivity index (χ4v) is 8.61. The first kappa shape index (κ1) is 27.9. The van der Waals surface area contributed by atoms with Crippen molar-refractivity contribution >= 4 is 81.3 Å². The van der Waals surface area contributed by atoms with Crippen LogP contribution in [0.1, 0.15) is 0 Å². The van der Waals surface area contributed by atoms with Gasteiger partial charge >= 0.3 is 0 Å². The van der Waals surface area contributed by atoms with Crippen LogP contribution in [0.15, 0.2) is 180 Å². The van der Waals surface area contributed by atoms with Crippen LogP contribution >= 0.6 is 11.3 Å². The van der Waals surface area contributed by atoms with Gasteiger partial charge in [0.2, 0.25) is 0 Å². The second kappa shape index (κ2) is 11.2. The minimum absolute atomic E-state index is 0.891. The molecule has 10 aromatic rings. The molecule has 230 valence electrons. The summed E-state index contributed by atoms with van der Waals surface area (Å²) in [7, 11) is 0. The molecule has 2 heterocycles. The SMILES string of the molecule is c1ccc(-c2cccc(N(c3ccccc3-c3cccc4oc5c6ccccc6ccc5c34)c3cccc4sc5ccccc5c34)c2)cc1. The van der Waals surface area contributed by atoms with E-state index in [9.17, 15) is 0 Å². The van der Waals surface area contributed by atoms with Crippen LogP contribution in [0.25, 0.3) is 75.1 Å². The number of hydrogen-bond acceptors (Lipinski definition) is 3. The zero-order valence-corrected chi connectivity index (χ0v) is 27.3. The van der Waals surface area contributed by atoms with Gasteiger partial charge in [0.15, 0.2) is 0 Å². The molecule has 8 aromatic carbocycles. The molecule has 0 N–H and O–H groups in total. The number of anilines is 3. The average Bonchev–Trinajstić information content (AvgIpc) is 3.75. The molecule has 10 rings (SSSR count). The third kappa shape index (κ3) is 4.47. The maximum atomic E-state index is 6.65. The highest BCUT2D eigenvalue weighted by Gasteiger charge is 2.23. The lowest BCUT2D eigenvalue weighted by molar-refractivity contribution is 0.673. The van der Waals surface area contributed by atoms with Crippen molar-refractivity contribution in [1.29, 1.82) is 0 Å². The van der Waals surface area contributed by atoms with Crippen LogP contribution < -0.4 is 4.90 Å². The number of furan rings is 1. The molecule has 0 aliphatic heterocycles. The average molecular weight is 644 g/mol. The number of nitrogens with zero attached hydrogens (tertiary/aromatic N) is 1. The fraction of sp³-hybridized carbons (Fsp3) is 0. The van der Waals surface area contributed by atoms with Crippen molar-refractivity contribution < 1.29 is 4.42 Å². The molecule has 3 heteroatoms. The molecular formula is C46H29NOS. The Hall–Kier alpha value is -6.16. The Morgan fingerprint density at radius 1 is 0.429 bits per heavy atom. The Morgan fingerprint density at radius 3 is 2.06 bits per heavy atom. The van der Waals surface area contributed by atoms with Gasteiger partial charge in [0.25, 0.3) is 0 Å². The van der Waals surface area contributed by atoms with Crippen LogP contribution in [-0.4, -0.2) is 0 Å². The summed E-state index contributed by atoms with van der Waals surface area (Å²) in [5.74, 6) is 0. The van der Waals surface area contributed by atoms with Gasteiger partial charge in [-0.1, -0.05) is 127 Å². The van der Waals surface area contributed by atoms with E-state index in [4.69, 9.17) is 4.42 Å². The standard InChI is InChI=1S/C46H29NOS/c1-2-13-30(14-3-1)32-16-10-17-33(29-32)47(40-23-12-26-43-45(40)37-20-7-9-25-42(37)49-43)39-22-8-6-19-35(39)36-21-11-24-41-44(36)38-28-27-31-15-4-5-18-34(31)46(38)48-41/h1-29H. The van der Waals surface area contributed by atoms with Crippen molar-refractivity contribution in [3.8, 4) is 22.3 Å². The molecule has 0 fully saturated rings. The predicted octanol–water partition coefficient (Wildman–Crippen LogP) is 13.9. The highest BCUT2D eigenvalue weighted by Crippen LogP contribution is 2.49. The van der Waals surface area contributed by atoms with Crippen LogP contribution in [0.3, 0.4) is 0 Å². The van der Waals surface area contributed by atoms with Gasteiger partial charge in [-0.15, -0.1) is 11.3 Å². The molecule has 0 aliphatic rings. The van der Waals surface area contributed by atoms with Crippen molar-refractivity contribution in [2.45, 2.75) is 0 Å². The summed E-state index contributed by atoms with van der Waals surface area (Å²) in [5, 5.41) is 7.11. The van der Waals surface area contributed by atoms with Crippen LogP contribution in [-0.2, 0) is 0 Å². The van der Waals surface area contributed by atoms with Gasteiger partial charge in [0.1, 0.15) is 11.2 Å². The quantitative estimate of drug-likeness (QED) is 0.186. The van der Waals surface area contributed by atoms with Gasteiger partial charge < -0.3 is 9.32 Å². The van der Waals surface area contributed by atoms with Crippen molar-refractivity contribution in [1.82, 2.24) is 0 Å². The lowest BCUT2D eigenvalue weighted by Crippen LogP contribution is -2.11. The Kier molecular flexibility index (Phi) is 6.39. The molecule has 0 atom stereocenters. The van der Waals surface area contributed by atoms with E-state index in [0.29, 0.717) is 0 Å². The molecule has 0 amide bonds. The highest BCUT2D eigenvalue weighted by molar-refractivity contribution is 7.26. The highest BCUT2D eigenvalue weighted by atomic mass is 32.1. The van der Waals surface area contributed by atoms with Crippen molar-refractivity contribution in [3.63, 3.8) is 0 Å². The topological polar surface area (TPSA) is 16.4 Å². The van der Waals surface area contributed by atoms with Crippen LogP contribution in [0.4, 0.5) is 17.1 Å². The zero-order chi connectivity index (χ0) is 32.3. The van der Waals surface area contributed by atoms with E-state index in [2.05, 4.69) is 181 Å². The molecule has 0 saturated heterocycles. The zero-order valence-electron chi connectivity index (χ0n) is 26.5.